The van der Waals surface area contributed by atoms with E-state index in [1.807, 2.05) is 6.92 Å². The zero-order valence-electron chi connectivity index (χ0n) is 19.8. The first-order valence-electron chi connectivity index (χ1n) is 11.5. The number of nitrogens with zero attached hydrogens (tertiary/aromatic N) is 4. The van der Waals surface area contributed by atoms with Crippen LogP contribution in [0.1, 0.15) is 78.2 Å². The van der Waals surface area contributed by atoms with Crippen LogP contribution in [0.15, 0.2) is 6.20 Å². The maximum atomic E-state index is 12.8. The van der Waals surface area contributed by atoms with Crippen LogP contribution in [-0.4, -0.2) is 56.1 Å². The zero-order chi connectivity index (χ0) is 24.6. The Bertz CT molecular complexity index is 1130. The summed E-state index contributed by atoms with van der Waals surface area (Å²) in [7, 11) is 0. The van der Waals surface area contributed by atoms with Gasteiger partial charge in [0, 0.05) is 12.5 Å². The van der Waals surface area contributed by atoms with Gasteiger partial charge in [0.1, 0.15) is 6.10 Å². The molecule has 0 radical (unpaired) electrons. The minimum atomic E-state index is -0.693. The van der Waals surface area contributed by atoms with Crippen molar-refractivity contribution in [2.24, 2.45) is 16.9 Å². The second-order valence-electron chi connectivity index (χ2n) is 9.86. The number of aromatic nitrogens is 4. The molecule has 4 rings (SSSR count). The number of amides is 1. The summed E-state index contributed by atoms with van der Waals surface area (Å²) < 4.78 is 6.97. The van der Waals surface area contributed by atoms with Crippen LogP contribution in [0.25, 0.3) is 5.82 Å². The lowest BCUT2D eigenvalue weighted by molar-refractivity contribution is -0.148. The molecule has 1 amide bonds. The Morgan fingerprint density at radius 3 is 2.59 bits per heavy atom. The van der Waals surface area contributed by atoms with Crippen molar-refractivity contribution in [3.05, 3.63) is 28.8 Å². The molecule has 2 aromatic heterocycles. The van der Waals surface area contributed by atoms with Crippen molar-refractivity contribution in [2.75, 3.05) is 11.9 Å². The molecule has 1 saturated carbocycles. The van der Waals surface area contributed by atoms with Crippen molar-refractivity contribution in [3.63, 3.8) is 0 Å². The average Bonchev–Trinajstić information content (AvgIpc) is 3.09. The van der Waals surface area contributed by atoms with Crippen LogP contribution in [0.2, 0.25) is 0 Å². The van der Waals surface area contributed by atoms with Crippen molar-refractivity contribution in [1.29, 1.82) is 0 Å². The minimum absolute atomic E-state index is 0.00395. The van der Waals surface area contributed by atoms with Gasteiger partial charge in [-0.15, -0.1) is 0 Å². The predicted octanol–water partition coefficient (Wildman–Crippen LogP) is 1.45. The molecule has 182 valence electrons. The molecule has 2 aliphatic carbocycles. The molecule has 2 heterocycles. The van der Waals surface area contributed by atoms with E-state index in [1.165, 1.54) is 6.20 Å². The van der Waals surface area contributed by atoms with Crippen molar-refractivity contribution in [3.8, 4) is 5.82 Å². The molecule has 5 N–H and O–H groups in total. The minimum Gasteiger partial charge on any atom is -0.461 e. The second kappa shape index (κ2) is 9.13. The first kappa shape index (κ1) is 23.8. The fourth-order valence-electron chi connectivity index (χ4n) is 4.84. The lowest BCUT2D eigenvalue weighted by Gasteiger charge is -2.30. The highest BCUT2D eigenvalue weighted by atomic mass is 16.5. The van der Waals surface area contributed by atoms with E-state index < -0.39 is 11.9 Å². The van der Waals surface area contributed by atoms with Crippen LogP contribution < -0.4 is 16.8 Å². The van der Waals surface area contributed by atoms with Gasteiger partial charge in [0.2, 0.25) is 0 Å². The average molecular weight is 470 g/mol. The highest BCUT2D eigenvalue weighted by Crippen LogP contribution is 2.37. The first-order valence-corrected chi connectivity index (χ1v) is 11.5. The number of rotatable bonds is 6. The number of anilines is 1. The molecular formula is C23H31N7O4. The normalized spacial score (nSPS) is 21.6. The smallest absolute Gasteiger partial charge is 0.319 e. The molecule has 11 nitrogen and oxygen atoms in total. The molecule has 0 spiro atoms. The number of esters is 1. The number of nitrogens with two attached hydrogens (primary N) is 2. The van der Waals surface area contributed by atoms with Gasteiger partial charge >= 0.3 is 5.97 Å². The SMILES string of the molecule is Cc1nn(-c2cnc(C(N)=O)c(NC3CCC(OC(=O)CN)CC3)n2)c2c1C(=O)CC(C)(C)C2. The number of Topliss-reactive ketones (excluding diaryl/α,β-unsaturated/α-hetero) is 1. The van der Waals surface area contributed by atoms with Gasteiger partial charge in [-0.25, -0.2) is 14.6 Å². The third-order valence-electron chi connectivity index (χ3n) is 6.41. The lowest BCUT2D eigenvalue weighted by atomic mass is 9.75. The summed E-state index contributed by atoms with van der Waals surface area (Å²) in [6, 6.07) is 0.00395. The molecule has 0 aromatic carbocycles. The molecule has 11 heteroatoms. The molecule has 0 atom stereocenters. The van der Waals surface area contributed by atoms with E-state index in [0.717, 1.165) is 5.69 Å². The number of carbonyl (C=O) groups is 3. The summed E-state index contributed by atoms with van der Waals surface area (Å²) in [5.74, 6) is -0.349. The predicted molar refractivity (Wildman–Crippen MR) is 124 cm³/mol. The first-order chi connectivity index (χ1) is 16.1. The van der Waals surface area contributed by atoms with Crippen LogP contribution in [0.4, 0.5) is 5.82 Å². The fraction of sp³-hybridized carbons (Fsp3) is 0.565. The van der Waals surface area contributed by atoms with Crippen molar-refractivity contribution < 1.29 is 19.1 Å². The van der Waals surface area contributed by atoms with Gasteiger partial charge in [-0.05, 0) is 44.4 Å². The lowest BCUT2D eigenvalue weighted by Crippen LogP contribution is -2.33. The summed E-state index contributed by atoms with van der Waals surface area (Å²) in [5, 5.41) is 7.87. The Labute approximate surface area is 197 Å². The van der Waals surface area contributed by atoms with Crippen molar-refractivity contribution in [1.82, 2.24) is 19.7 Å². The molecular weight excluding hydrogens is 438 g/mol. The van der Waals surface area contributed by atoms with Crippen LogP contribution >= 0.6 is 0 Å². The second-order valence-corrected chi connectivity index (χ2v) is 9.86. The van der Waals surface area contributed by atoms with Crippen molar-refractivity contribution >= 4 is 23.5 Å². The van der Waals surface area contributed by atoms with Gasteiger partial charge in [0.05, 0.1) is 29.7 Å². The number of hydrogen-bond donors (Lipinski definition) is 3. The summed E-state index contributed by atoms with van der Waals surface area (Å²) >= 11 is 0. The quantitative estimate of drug-likeness (QED) is 0.530. The third-order valence-corrected chi connectivity index (χ3v) is 6.41. The van der Waals surface area contributed by atoms with Crippen LogP contribution in [0, 0.1) is 12.3 Å². The Kier molecular flexibility index (Phi) is 6.39. The Morgan fingerprint density at radius 1 is 1.24 bits per heavy atom. The highest BCUT2D eigenvalue weighted by molar-refractivity contribution is 6.00. The largest absolute Gasteiger partial charge is 0.461 e. The maximum Gasteiger partial charge on any atom is 0.319 e. The van der Waals surface area contributed by atoms with Crippen LogP contribution in [0.3, 0.4) is 0 Å². The third kappa shape index (κ3) is 4.79. The van der Waals surface area contributed by atoms with Gasteiger partial charge in [-0.2, -0.15) is 5.10 Å². The van der Waals surface area contributed by atoms with E-state index in [9.17, 15) is 14.4 Å². The van der Waals surface area contributed by atoms with Gasteiger partial charge in [0.15, 0.2) is 23.1 Å². The number of ketones is 1. The van der Waals surface area contributed by atoms with Crippen LogP contribution in [0.5, 0.6) is 0 Å². The molecule has 34 heavy (non-hydrogen) atoms. The fourth-order valence-corrected chi connectivity index (χ4v) is 4.84. The monoisotopic (exact) mass is 469 g/mol. The number of fused-ring (bicyclic) bond motifs is 1. The van der Waals surface area contributed by atoms with Gasteiger partial charge in [0.25, 0.3) is 5.91 Å². The highest BCUT2D eigenvalue weighted by Gasteiger charge is 2.36. The molecule has 0 unspecified atom stereocenters. The Morgan fingerprint density at radius 2 is 1.94 bits per heavy atom. The zero-order valence-corrected chi connectivity index (χ0v) is 19.8. The maximum absolute atomic E-state index is 12.8. The van der Waals surface area contributed by atoms with E-state index in [2.05, 4.69) is 34.2 Å². The topological polar surface area (TPSA) is 168 Å². The number of ether oxygens (including phenoxy) is 1. The summed E-state index contributed by atoms with van der Waals surface area (Å²) in [5.41, 5.74) is 12.8. The van der Waals surface area contributed by atoms with Gasteiger partial charge in [-0.1, -0.05) is 13.8 Å². The van der Waals surface area contributed by atoms with Crippen LogP contribution in [-0.2, 0) is 16.0 Å². The molecule has 0 aliphatic heterocycles. The van der Waals surface area contributed by atoms with E-state index >= 15 is 0 Å². The van der Waals surface area contributed by atoms with Gasteiger partial charge in [-0.3, -0.25) is 14.4 Å². The molecule has 2 aliphatic rings. The van der Waals surface area contributed by atoms with E-state index in [0.29, 0.717) is 55.6 Å². The number of hydrogen-bond acceptors (Lipinski definition) is 9. The standard InChI is InChI=1S/C23H31N7O4/c1-12-19-15(8-23(2,3)9-16(19)31)30(29-12)17-11-26-20(21(25)33)22(28-17)27-13-4-6-14(7-5-13)34-18(32)10-24/h11,13-14H,4-10,24H2,1-3H3,(H2,25,33)(H,27,28). The molecule has 2 aromatic rings. The number of nitrogens with one attached hydrogen (secondary N) is 1. The van der Waals surface area contributed by atoms with Gasteiger partial charge < -0.3 is 21.5 Å². The molecule has 0 saturated heterocycles. The van der Waals surface area contributed by atoms with E-state index in [4.69, 9.17) is 16.2 Å². The van der Waals surface area contributed by atoms with E-state index in [1.54, 1.807) is 4.68 Å². The summed E-state index contributed by atoms with van der Waals surface area (Å²) in [6.45, 7) is 5.78. The number of carbonyl (C=O) groups excluding carboxylic acids is 3. The molecule has 1 fully saturated rings. The number of aryl methyl sites for hydroxylation is 1. The summed E-state index contributed by atoms with van der Waals surface area (Å²) in [4.78, 5) is 45.1. The Balaban J connectivity index is 1.60. The molecule has 0 bridgehead atoms. The van der Waals surface area contributed by atoms with E-state index in [-0.39, 0.29) is 41.4 Å². The Hall–Kier alpha value is -3.34. The number of primary amides is 1. The summed E-state index contributed by atoms with van der Waals surface area (Å²) in [6.07, 6.45) is 5.19. The van der Waals surface area contributed by atoms with Crippen molar-refractivity contribution in [2.45, 2.75) is 71.4 Å².